The highest BCUT2D eigenvalue weighted by Crippen LogP contribution is 2.69. The van der Waals surface area contributed by atoms with E-state index in [1.807, 2.05) is 24.3 Å². The summed E-state index contributed by atoms with van der Waals surface area (Å²) >= 11 is 0. The summed E-state index contributed by atoms with van der Waals surface area (Å²) in [5, 5.41) is 11.1. The van der Waals surface area contributed by atoms with Gasteiger partial charge in [0.15, 0.2) is 11.2 Å². The maximum Gasteiger partial charge on any atom is 0.261 e. The van der Waals surface area contributed by atoms with Crippen LogP contribution >= 0.6 is 0 Å². The van der Waals surface area contributed by atoms with Crippen LogP contribution in [0.1, 0.15) is 40.2 Å². The molecule has 0 saturated carbocycles. The molecular formula is C24H27NO6. The van der Waals surface area contributed by atoms with Gasteiger partial charge in [-0.1, -0.05) is 46.8 Å². The van der Waals surface area contributed by atoms with Crippen LogP contribution in [0.5, 0.6) is 11.5 Å². The molecule has 164 valence electrons. The number of nitrogens with zero attached hydrogens (tertiary/aromatic N) is 1. The van der Waals surface area contributed by atoms with Crippen LogP contribution in [-0.4, -0.2) is 29.4 Å². The highest BCUT2D eigenvalue weighted by atomic mass is 17.3. The predicted octanol–water partition coefficient (Wildman–Crippen LogP) is 5.16. The van der Waals surface area contributed by atoms with Crippen LogP contribution in [0, 0.1) is 10.8 Å². The first-order valence-electron chi connectivity index (χ1n) is 10.3. The molecule has 3 aromatic rings. The summed E-state index contributed by atoms with van der Waals surface area (Å²) in [4.78, 5) is 16.1. The summed E-state index contributed by atoms with van der Waals surface area (Å²) in [6.07, 6.45) is 0. The van der Waals surface area contributed by atoms with Gasteiger partial charge in [-0.2, -0.15) is 4.89 Å². The van der Waals surface area contributed by atoms with Crippen molar-refractivity contribution in [3.05, 3.63) is 42.0 Å². The molecule has 0 aliphatic carbocycles. The molecule has 7 heteroatoms. The molecule has 0 bridgehead atoms. The number of aromatic nitrogens is 1. The van der Waals surface area contributed by atoms with Crippen LogP contribution in [0.25, 0.3) is 22.6 Å². The van der Waals surface area contributed by atoms with Crippen molar-refractivity contribution >= 4 is 11.1 Å². The standard InChI is InChI=1S/C24H27NO6/c1-21(2,3)24-22(4,5)13-28-23(24,30-31-24)14-11-16(26)19(18(12-14)27-6)20-25-15-9-7-8-10-17(15)29-20/h7-12,26H,13H2,1-6H3. The third kappa shape index (κ3) is 2.42. The van der Waals surface area contributed by atoms with Gasteiger partial charge in [-0.15, -0.1) is 0 Å². The summed E-state index contributed by atoms with van der Waals surface area (Å²) in [5.74, 6) is -0.524. The van der Waals surface area contributed by atoms with E-state index in [4.69, 9.17) is 23.7 Å². The summed E-state index contributed by atoms with van der Waals surface area (Å²) in [7, 11) is 1.54. The summed E-state index contributed by atoms with van der Waals surface area (Å²) in [6, 6.07) is 10.9. The van der Waals surface area contributed by atoms with Gasteiger partial charge in [0.1, 0.15) is 22.6 Å². The minimum absolute atomic E-state index is 0.0399. The van der Waals surface area contributed by atoms with Crippen LogP contribution in [0.3, 0.4) is 0 Å². The minimum atomic E-state index is -1.17. The summed E-state index contributed by atoms with van der Waals surface area (Å²) in [5.41, 5.74) is 0.920. The highest BCUT2D eigenvalue weighted by molar-refractivity contribution is 5.80. The summed E-state index contributed by atoms with van der Waals surface area (Å²) < 4.78 is 17.8. The molecule has 2 atom stereocenters. The third-order valence-corrected chi connectivity index (χ3v) is 6.58. The topological polar surface area (TPSA) is 83.2 Å². The van der Waals surface area contributed by atoms with Gasteiger partial charge in [0.25, 0.3) is 5.79 Å². The SMILES string of the molecule is COc1cc(C23OCC(C)(C)C2(C(C)(C)C)OO3)cc(O)c1-c1nc2ccccc2o1. The molecule has 2 saturated heterocycles. The molecule has 5 rings (SSSR count). The molecule has 3 heterocycles. The fraction of sp³-hybridized carbons (Fsp3) is 0.458. The van der Waals surface area contributed by atoms with E-state index in [1.165, 1.54) is 7.11 Å². The first-order chi connectivity index (χ1) is 14.6. The van der Waals surface area contributed by atoms with Gasteiger partial charge in [-0.05, 0) is 24.3 Å². The maximum absolute atomic E-state index is 11.1. The van der Waals surface area contributed by atoms with E-state index < -0.39 is 11.4 Å². The average Bonchev–Trinajstić information content (AvgIpc) is 3.15. The van der Waals surface area contributed by atoms with E-state index >= 15 is 0 Å². The van der Waals surface area contributed by atoms with Crippen molar-refractivity contribution in [2.75, 3.05) is 13.7 Å². The van der Waals surface area contributed by atoms with Gasteiger partial charge in [0.2, 0.25) is 5.89 Å². The van der Waals surface area contributed by atoms with E-state index in [0.717, 1.165) is 0 Å². The normalized spacial score (nSPS) is 27.2. The van der Waals surface area contributed by atoms with Crippen molar-refractivity contribution in [2.45, 2.75) is 46.0 Å². The number of phenols is 1. The van der Waals surface area contributed by atoms with Gasteiger partial charge in [0, 0.05) is 16.4 Å². The van der Waals surface area contributed by atoms with E-state index in [1.54, 1.807) is 12.1 Å². The number of benzene rings is 2. The Kier molecular flexibility index (Phi) is 4.07. The Morgan fingerprint density at radius 3 is 2.45 bits per heavy atom. The van der Waals surface area contributed by atoms with E-state index in [-0.39, 0.29) is 22.5 Å². The number of hydrogen-bond acceptors (Lipinski definition) is 7. The van der Waals surface area contributed by atoms with Crippen molar-refractivity contribution in [1.82, 2.24) is 4.98 Å². The highest BCUT2D eigenvalue weighted by Gasteiger charge is 2.81. The maximum atomic E-state index is 11.1. The third-order valence-electron chi connectivity index (χ3n) is 6.58. The second kappa shape index (κ2) is 6.22. The molecular weight excluding hydrogens is 398 g/mol. The van der Waals surface area contributed by atoms with Crippen molar-refractivity contribution < 1.29 is 28.8 Å². The number of methoxy groups -OCH3 is 1. The fourth-order valence-electron chi connectivity index (χ4n) is 5.38. The number of hydrogen-bond donors (Lipinski definition) is 1. The first-order valence-corrected chi connectivity index (χ1v) is 10.3. The molecule has 0 radical (unpaired) electrons. The van der Waals surface area contributed by atoms with Crippen LogP contribution in [0.2, 0.25) is 0 Å². The van der Waals surface area contributed by atoms with Crippen LogP contribution in [0.4, 0.5) is 0 Å². The number of fused-ring (bicyclic) bond motifs is 2. The molecule has 7 nitrogen and oxygen atoms in total. The molecule has 31 heavy (non-hydrogen) atoms. The minimum Gasteiger partial charge on any atom is -0.507 e. The number of ether oxygens (including phenoxy) is 2. The lowest BCUT2D eigenvalue weighted by Crippen LogP contribution is -2.73. The van der Waals surface area contributed by atoms with Crippen LogP contribution in [0.15, 0.2) is 40.8 Å². The van der Waals surface area contributed by atoms with Gasteiger partial charge >= 0.3 is 0 Å². The quantitative estimate of drug-likeness (QED) is 0.580. The Bertz CT molecular complexity index is 1140. The van der Waals surface area contributed by atoms with Gasteiger partial charge < -0.3 is 19.0 Å². The Labute approximate surface area is 180 Å². The first kappa shape index (κ1) is 20.3. The zero-order chi connectivity index (χ0) is 22.2. The molecule has 1 aromatic heterocycles. The van der Waals surface area contributed by atoms with E-state index in [9.17, 15) is 5.11 Å². The number of rotatable bonds is 3. The lowest BCUT2D eigenvalue weighted by atomic mass is 9.57. The zero-order valence-corrected chi connectivity index (χ0v) is 18.6. The van der Waals surface area contributed by atoms with Gasteiger partial charge in [-0.3, -0.25) is 0 Å². The number of para-hydroxylation sites is 2. The molecule has 2 aliphatic rings. The lowest BCUT2D eigenvalue weighted by Gasteiger charge is -2.61. The van der Waals surface area contributed by atoms with Crippen LogP contribution in [-0.2, 0) is 20.3 Å². The molecule has 0 amide bonds. The monoisotopic (exact) mass is 425 g/mol. The van der Waals surface area contributed by atoms with Crippen molar-refractivity contribution in [3.8, 4) is 23.0 Å². The Morgan fingerprint density at radius 1 is 1.10 bits per heavy atom. The van der Waals surface area contributed by atoms with E-state index in [0.29, 0.717) is 34.6 Å². The zero-order valence-electron chi connectivity index (χ0n) is 18.6. The van der Waals surface area contributed by atoms with Gasteiger partial charge in [0.05, 0.1) is 13.7 Å². The Hall–Kier alpha value is -2.61. The predicted molar refractivity (Wildman–Crippen MR) is 113 cm³/mol. The number of phenolic OH excluding ortho intramolecular Hbond substituents is 1. The largest absolute Gasteiger partial charge is 0.507 e. The molecule has 2 unspecified atom stereocenters. The summed E-state index contributed by atoms with van der Waals surface area (Å²) in [6.45, 7) is 11.0. The van der Waals surface area contributed by atoms with Gasteiger partial charge in [-0.25, -0.2) is 9.87 Å². The number of aromatic hydroxyl groups is 1. The lowest BCUT2D eigenvalue weighted by molar-refractivity contribution is -0.626. The Balaban J connectivity index is 1.68. The molecule has 2 fully saturated rings. The average molecular weight is 425 g/mol. The second-order valence-corrected chi connectivity index (χ2v) is 9.95. The smallest absolute Gasteiger partial charge is 0.261 e. The molecule has 2 aromatic carbocycles. The van der Waals surface area contributed by atoms with Crippen molar-refractivity contribution in [1.29, 1.82) is 0 Å². The Morgan fingerprint density at radius 2 is 1.84 bits per heavy atom. The molecule has 0 spiro atoms. The molecule has 2 aliphatic heterocycles. The van der Waals surface area contributed by atoms with Crippen molar-refractivity contribution in [3.63, 3.8) is 0 Å². The van der Waals surface area contributed by atoms with E-state index in [2.05, 4.69) is 39.6 Å². The molecule has 1 N–H and O–H groups in total. The fourth-order valence-corrected chi connectivity index (χ4v) is 5.38. The van der Waals surface area contributed by atoms with Crippen LogP contribution < -0.4 is 4.74 Å². The number of oxazole rings is 1. The second-order valence-electron chi connectivity index (χ2n) is 9.95. The van der Waals surface area contributed by atoms with Crippen molar-refractivity contribution in [2.24, 2.45) is 10.8 Å².